The zero-order valence-corrected chi connectivity index (χ0v) is 12.6. The van der Waals surface area contributed by atoms with Crippen molar-refractivity contribution in [1.82, 2.24) is 9.97 Å². The third-order valence-corrected chi connectivity index (χ3v) is 3.36. The molecule has 22 heavy (non-hydrogen) atoms. The molecule has 9 heteroatoms. The molecule has 1 heterocycles. The van der Waals surface area contributed by atoms with Crippen molar-refractivity contribution in [2.24, 2.45) is 5.92 Å². The van der Waals surface area contributed by atoms with Crippen molar-refractivity contribution in [2.75, 3.05) is 22.6 Å². The van der Waals surface area contributed by atoms with E-state index in [1.807, 2.05) is 12.2 Å². The smallest absolute Gasteiger partial charge is 0.232 e. The predicted octanol–water partition coefficient (Wildman–Crippen LogP) is 1.01. The van der Waals surface area contributed by atoms with Crippen molar-refractivity contribution >= 4 is 41.4 Å². The van der Waals surface area contributed by atoms with Crippen LogP contribution in [0.25, 0.3) is 0 Å². The Morgan fingerprint density at radius 3 is 2.86 bits per heavy atom. The Bertz CT molecular complexity index is 608. The van der Waals surface area contributed by atoms with Crippen LogP contribution in [0.15, 0.2) is 12.2 Å². The molecule has 1 aliphatic rings. The molecule has 0 saturated heterocycles. The van der Waals surface area contributed by atoms with E-state index in [1.54, 1.807) is 0 Å². The summed E-state index contributed by atoms with van der Waals surface area (Å²) in [6.45, 7) is 1.39. The largest absolute Gasteiger partial charge is 0.396 e. The maximum atomic E-state index is 11.1. The van der Waals surface area contributed by atoms with Gasteiger partial charge in [-0.15, -0.1) is 0 Å². The van der Waals surface area contributed by atoms with Gasteiger partial charge in [-0.2, -0.15) is 9.97 Å². The molecule has 2 atom stereocenters. The average molecular weight is 326 g/mol. The predicted molar refractivity (Wildman–Crippen MR) is 82.8 cm³/mol. The van der Waals surface area contributed by atoms with Gasteiger partial charge >= 0.3 is 0 Å². The summed E-state index contributed by atoms with van der Waals surface area (Å²) in [6.07, 6.45) is 4.96. The molecule has 118 valence electrons. The molecular weight excluding hydrogens is 310 g/mol. The second-order valence-electron chi connectivity index (χ2n) is 4.82. The Labute approximate surface area is 132 Å². The highest BCUT2D eigenvalue weighted by Gasteiger charge is 2.21. The Morgan fingerprint density at radius 2 is 2.27 bits per heavy atom. The van der Waals surface area contributed by atoms with Crippen LogP contribution in [0.3, 0.4) is 0 Å². The number of nitrogens with zero attached hydrogens (tertiary/aromatic N) is 2. The molecule has 4 N–H and O–H groups in total. The summed E-state index contributed by atoms with van der Waals surface area (Å²) < 4.78 is 0. The van der Waals surface area contributed by atoms with E-state index >= 15 is 0 Å². The molecule has 1 aromatic heterocycles. The lowest BCUT2D eigenvalue weighted by molar-refractivity contribution is -0.114. The van der Waals surface area contributed by atoms with Gasteiger partial charge in [0.25, 0.3) is 0 Å². The van der Waals surface area contributed by atoms with Gasteiger partial charge in [0.05, 0.1) is 0 Å². The third kappa shape index (κ3) is 3.92. The third-order valence-electron chi connectivity index (χ3n) is 3.08. The van der Waals surface area contributed by atoms with Crippen LogP contribution in [-0.2, 0) is 9.59 Å². The normalized spacial score (nSPS) is 19.8. The quantitative estimate of drug-likeness (QED) is 0.352. The first-order valence-corrected chi connectivity index (χ1v) is 7.02. The molecule has 2 rings (SSSR count). The molecule has 0 aliphatic heterocycles. The average Bonchev–Trinajstić information content (AvgIpc) is 2.89. The highest BCUT2D eigenvalue weighted by molar-refractivity contribution is 6.33. The fourth-order valence-corrected chi connectivity index (χ4v) is 2.35. The standard InChI is InChI=1S/C13H16ClN5O3/c1-7(22)16-13-18-11(14)10(15-6-21)12(19-13)17-9-3-2-8(4-9)5-20/h2-3,6,8-9,20H,4-5H2,1H3,(H,15,21)(H2,16,17,18,19,22). The number of carbonyl (C=O) groups is 2. The van der Waals surface area contributed by atoms with E-state index in [2.05, 4.69) is 25.9 Å². The van der Waals surface area contributed by atoms with Gasteiger partial charge in [-0.05, 0) is 6.42 Å². The van der Waals surface area contributed by atoms with E-state index < -0.39 is 0 Å². The minimum Gasteiger partial charge on any atom is -0.396 e. The number of aliphatic hydroxyl groups excluding tert-OH is 1. The van der Waals surface area contributed by atoms with E-state index in [0.29, 0.717) is 18.6 Å². The number of carbonyl (C=O) groups excluding carboxylic acids is 2. The monoisotopic (exact) mass is 325 g/mol. The van der Waals surface area contributed by atoms with E-state index in [9.17, 15) is 9.59 Å². The molecule has 0 aromatic carbocycles. The second kappa shape index (κ2) is 7.19. The summed E-state index contributed by atoms with van der Waals surface area (Å²) in [6, 6.07) is -0.0690. The van der Waals surface area contributed by atoms with E-state index in [4.69, 9.17) is 16.7 Å². The van der Waals surface area contributed by atoms with Crippen LogP contribution in [0.1, 0.15) is 13.3 Å². The SMILES string of the molecule is CC(=O)Nc1nc(Cl)c(NC=O)c(NC2C=CC(CO)C2)n1. The molecule has 2 unspecified atom stereocenters. The van der Waals surface area contributed by atoms with Gasteiger partial charge < -0.3 is 15.7 Å². The highest BCUT2D eigenvalue weighted by Crippen LogP contribution is 2.30. The topological polar surface area (TPSA) is 116 Å². The number of aliphatic hydroxyl groups is 1. The molecule has 0 fully saturated rings. The van der Waals surface area contributed by atoms with Crippen LogP contribution < -0.4 is 16.0 Å². The van der Waals surface area contributed by atoms with E-state index in [-0.39, 0.29) is 41.3 Å². The Kier molecular flexibility index (Phi) is 5.29. The van der Waals surface area contributed by atoms with Crippen LogP contribution >= 0.6 is 11.6 Å². The van der Waals surface area contributed by atoms with Crippen LogP contribution in [0.4, 0.5) is 17.5 Å². The van der Waals surface area contributed by atoms with Crippen molar-refractivity contribution in [3.8, 4) is 0 Å². The van der Waals surface area contributed by atoms with Crippen LogP contribution in [-0.4, -0.2) is 40.0 Å². The molecule has 1 aliphatic carbocycles. The summed E-state index contributed by atoms with van der Waals surface area (Å²) in [5, 5.41) is 17.1. The molecule has 0 radical (unpaired) electrons. The molecule has 2 amide bonds. The number of nitrogens with one attached hydrogen (secondary N) is 3. The second-order valence-corrected chi connectivity index (χ2v) is 5.18. The van der Waals surface area contributed by atoms with Gasteiger partial charge in [-0.25, -0.2) is 0 Å². The lowest BCUT2D eigenvalue weighted by Crippen LogP contribution is -2.20. The number of anilines is 3. The summed E-state index contributed by atoms with van der Waals surface area (Å²) in [4.78, 5) is 29.9. The molecule has 8 nitrogen and oxygen atoms in total. The highest BCUT2D eigenvalue weighted by atomic mass is 35.5. The number of hydrogen-bond donors (Lipinski definition) is 4. The Hall–Kier alpha value is -2.19. The van der Waals surface area contributed by atoms with Gasteiger partial charge in [0.1, 0.15) is 5.69 Å². The minimum absolute atomic E-state index is 0.00837. The molecular formula is C13H16ClN5O3. The maximum absolute atomic E-state index is 11.1. The van der Waals surface area contributed by atoms with E-state index in [1.165, 1.54) is 6.92 Å². The van der Waals surface area contributed by atoms with Crippen LogP contribution in [0, 0.1) is 5.92 Å². The fraction of sp³-hybridized carbons (Fsp3) is 0.385. The van der Waals surface area contributed by atoms with Gasteiger partial charge in [0, 0.05) is 25.5 Å². The van der Waals surface area contributed by atoms with E-state index in [0.717, 1.165) is 0 Å². The minimum atomic E-state index is -0.334. The molecule has 0 spiro atoms. The zero-order chi connectivity index (χ0) is 16.1. The number of amides is 2. The lowest BCUT2D eigenvalue weighted by Gasteiger charge is -2.17. The summed E-state index contributed by atoms with van der Waals surface area (Å²) in [5.74, 6) is 0.0764. The molecule has 0 saturated carbocycles. The Morgan fingerprint density at radius 1 is 1.50 bits per heavy atom. The number of halogens is 1. The first-order chi connectivity index (χ1) is 10.5. The van der Waals surface area contributed by atoms with Crippen molar-refractivity contribution < 1.29 is 14.7 Å². The number of hydrogen-bond acceptors (Lipinski definition) is 6. The summed E-state index contributed by atoms with van der Waals surface area (Å²) in [5.41, 5.74) is 0.228. The van der Waals surface area contributed by atoms with Crippen molar-refractivity contribution in [3.63, 3.8) is 0 Å². The van der Waals surface area contributed by atoms with Crippen molar-refractivity contribution in [3.05, 3.63) is 17.3 Å². The van der Waals surface area contributed by atoms with Crippen molar-refractivity contribution in [1.29, 1.82) is 0 Å². The molecule has 1 aromatic rings. The van der Waals surface area contributed by atoms with Crippen LogP contribution in [0.5, 0.6) is 0 Å². The number of aromatic nitrogens is 2. The fourth-order valence-electron chi connectivity index (χ4n) is 2.13. The first-order valence-electron chi connectivity index (χ1n) is 6.64. The van der Waals surface area contributed by atoms with Gasteiger partial charge in [-0.1, -0.05) is 23.8 Å². The van der Waals surface area contributed by atoms with Gasteiger partial charge in [0.2, 0.25) is 18.3 Å². The van der Waals surface area contributed by atoms with Gasteiger partial charge in [-0.3, -0.25) is 14.9 Å². The zero-order valence-electron chi connectivity index (χ0n) is 11.8. The lowest BCUT2D eigenvalue weighted by atomic mass is 10.1. The van der Waals surface area contributed by atoms with Gasteiger partial charge in [0.15, 0.2) is 11.0 Å². The molecule has 0 bridgehead atoms. The van der Waals surface area contributed by atoms with Crippen molar-refractivity contribution in [2.45, 2.75) is 19.4 Å². The summed E-state index contributed by atoms with van der Waals surface area (Å²) in [7, 11) is 0. The van der Waals surface area contributed by atoms with Crippen LogP contribution in [0.2, 0.25) is 5.15 Å². The summed E-state index contributed by atoms with van der Waals surface area (Å²) >= 11 is 6.02. The first kappa shape index (κ1) is 16.2. The Balaban J connectivity index is 2.26. The number of rotatable bonds is 6. The maximum Gasteiger partial charge on any atom is 0.232 e.